The highest BCUT2D eigenvalue weighted by Gasteiger charge is 2.44. The van der Waals surface area contributed by atoms with Crippen molar-refractivity contribution in [2.75, 3.05) is 10.2 Å². The minimum Gasteiger partial charge on any atom is -0.324 e. The number of para-hydroxylation sites is 1. The second kappa shape index (κ2) is 8.28. The van der Waals surface area contributed by atoms with Crippen LogP contribution in [0.15, 0.2) is 66.9 Å². The van der Waals surface area contributed by atoms with E-state index in [-0.39, 0.29) is 18.4 Å². The summed E-state index contributed by atoms with van der Waals surface area (Å²) >= 11 is 5.97. The number of aryl methyl sites for hydroxylation is 2. The Morgan fingerprint density at radius 1 is 1.13 bits per heavy atom. The van der Waals surface area contributed by atoms with Crippen molar-refractivity contribution in [3.63, 3.8) is 0 Å². The van der Waals surface area contributed by atoms with Gasteiger partial charge in [0.1, 0.15) is 0 Å². The number of aromatic nitrogens is 1. The third kappa shape index (κ3) is 3.68. The summed E-state index contributed by atoms with van der Waals surface area (Å²) in [4.78, 5) is 28.5. The van der Waals surface area contributed by atoms with Crippen LogP contribution in [0.1, 0.15) is 29.8 Å². The van der Waals surface area contributed by atoms with Crippen LogP contribution in [-0.2, 0) is 22.6 Å². The van der Waals surface area contributed by atoms with Crippen LogP contribution in [0.2, 0.25) is 5.02 Å². The van der Waals surface area contributed by atoms with Gasteiger partial charge in [-0.25, -0.2) is 0 Å². The normalized spacial score (nSPS) is 15.6. The number of carbonyl (C=O) groups excluding carboxylic acids is 2. The number of nitrogens with one attached hydrogen (secondary N) is 1. The Bertz CT molecular complexity index is 1110. The maximum atomic E-state index is 13.5. The summed E-state index contributed by atoms with van der Waals surface area (Å²) in [5.41, 5.74) is 4.23. The maximum absolute atomic E-state index is 13.5. The van der Waals surface area contributed by atoms with Crippen LogP contribution in [0.25, 0.3) is 0 Å². The van der Waals surface area contributed by atoms with E-state index in [2.05, 4.69) is 12.2 Å². The topological polar surface area (TPSA) is 53.3 Å². The van der Waals surface area contributed by atoms with Crippen molar-refractivity contribution in [1.82, 2.24) is 0 Å². The van der Waals surface area contributed by atoms with Crippen LogP contribution in [-0.4, -0.2) is 11.8 Å². The summed E-state index contributed by atoms with van der Waals surface area (Å²) < 4.78 is 1.84. The van der Waals surface area contributed by atoms with E-state index in [4.69, 9.17) is 11.6 Å². The van der Waals surface area contributed by atoms with E-state index in [0.29, 0.717) is 10.7 Å². The Hall–Kier alpha value is -3.18. The summed E-state index contributed by atoms with van der Waals surface area (Å²) in [5.74, 6) is -0.380. The molecule has 152 valence electrons. The molecule has 1 aliphatic rings. The fourth-order valence-electron chi connectivity index (χ4n) is 3.98. The molecule has 2 amide bonds. The average molecular weight is 421 g/mol. The van der Waals surface area contributed by atoms with E-state index in [1.54, 1.807) is 29.2 Å². The number of hydrogen-bond acceptors (Lipinski definition) is 2. The summed E-state index contributed by atoms with van der Waals surface area (Å²) in [6.07, 6.45) is 2.60. The van der Waals surface area contributed by atoms with Crippen LogP contribution in [0.5, 0.6) is 0 Å². The smallest absolute Gasteiger partial charge is 0.294 e. The third-order valence-corrected chi connectivity index (χ3v) is 5.64. The highest BCUT2D eigenvalue weighted by Crippen LogP contribution is 2.35. The van der Waals surface area contributed by atoms with Crippen molar-refractivity contribution < 1.29 is 14.2 Å². The van der Waals surface area contributed by atoms with E-state index < -0.39 is 6.04 Å². The summed E-state index contributed by atoms with van der Waals surface area (Å²) in [5, 5.41) is 3.55. The first-order valence-corrected chi connectivity index (χ1v) is 10.3. The lowest BCUT2D eigenvalue weighted by molar-refractivity contribution is -0.695. The molecule has 1 aliphatic heterocycles. The third-order valence-electron chi connectivity index (χ3n) is 5.39. The molecule has 2 aromatic carbocycles. The number of benzene rings is 2. The van der Waals surface area contributed by atoms with E-state index in [9.17, 15) is 9.59 Å². The molecule has 0 aliphatic carbocycles. The Morgan fingerprint density at radius 2 is 1.90 bits per heavy atom. The van der Waals surface area contributed by atoms with Gasteiger partial charge in [-0.2, -0.15) is 4.57 Å². The van der Waals surface area contributed by atoms with E-state index in [1.807, 2.05) is 54.1 Å². The van der Waals surface area contributed by atoms with Crippen LogP contribution in [0.3, 0.4) is 0 Å². The van der Waals surface area contributed by atoms with Crippen LogP contribution in [0.4, 0.5) is 11.4 Å². The molecule has 5 nitrogen and oxygen atoms in total. The molecule has 6 heteroatoms. The highest BCUT2D eigenvalue weighted by atomic mass is 35.5. The molecule has 0 bridgehead atoms. The molecular weight excluding hydrogens is 398 g/mol. The van der Waals surface area contributed by atoms with Gasteiger partial charge >= 0.3 is 0 Å². The SMILES string of the molecule is CCc1cccc(C)c1N1C(=O)C[n+]2ccccc2[C@H]1C(=O)Nc1ccc(Cl)cc1. The second-order valence-corrected chi connectivity index (χ2v) is 7.79. The molecule has 1 N–H and O–H groups in total. The Labute approximate surface area is 180 Å². The maximum Gasteiger partial charge on any atom is 0.294 e. The number of amides is 2. The summed E-state index contributed by atoms with van der Waals surface area (Å²) in [7, 11) is 0. The monoisotopic (exact) mass is 420 g/mol. The van der Waals surface area contributed by atoms with E-state index >= 15 is 0 Å². The number of nitrogens with zero attached hydrogens (tertiary/aromatic N) is 2. The number of halogens is 1. The standard InChI is InChI=1S/C24H22ClN3O2/c1-3-17-8-6-7-16(2)22(17)28-21(29)15-27-14-5-4-9-20(27)23(28)24(30)26-19-12-10-18(25)11-13-19/h4-14,23H,3,15H2,1-2H3/p+1/t23-/m0/s1. The summed E-state index contributed by atoms with van der Waals surface area (Å²) in [6, 6.07) is 17.8. The molecule has 0 radical (unpaired) electrons. The van der Waals surface area contributed by atoms with Gasteiger partial charge in [-0.1, -0.05) is 42.8 Å². The van der Waals surface area contributed by atoms with Crippen molar-refractivity contribution in [1.29, 1.82) is 0 Å². The molecule has 0 fully saturated rings. The molecule has 0 unspecified atom stereocenters. The largest absolute Gasteiger partial charge is 0.324 e. The number of fused-ring (bicyclic) bond motifs is 1. The zero-order valence-electron chi connectivity index (χ0n) is 16.9. The van der Waals surface area contributed by atoms with Crippen molar-refractivity contribution in [3.8, 4) is 0 Å². The first kappa shape index (κ1) is 20.1. The lowest BCUT2D eigenvalue weighted by Crippen LogP contribution is -2.58. The average Bonchev–Trinajstić information content (AvgIpc) is 2.74. The van der Waals surface area contributed by atoms with Crippen molar-refractivity contribution in [2.45, 2.75) is 32.9 Å². The van der Waals surface area contributed by atoms with Gasteiger partial charge < -0.3 is 5.32 Å². The van der Waals surface area contributed by atoms with E-state index in [0.717, 1.165) is 28.9 Å². The molecular formula is C24H23ClN3O2+. The van der Waals surface area contributed by atoms with Gasteiger partial charge in [0, 0.05) is 22.8 Å². The molecule has 3 aromatic rings. The number of rotatable bonds is 4. The van der Waals surface area contributed by atoms with E-state index in [1.165, 1.54) is 0 Å². The van der Waals surface area contributed by atoms with Crippen LogP contribution >= 0.6 is 11.6 Å². The Morgan fingerprint density at radius 3 is 2.63 bits per heavy atom. The zero-order valence-corrected chi connectivity index (χ0v) is 17.7. The summed E-state index contributed by atoms with van der Waals surface area (Å²) in [6.45, 7) is 4.22. The molecule has 30 heavy (non-hydrogen) atoms. The van der Waals surface area contributed by atoms with Crippen LogP contribution in [0, 0.1) is 6.92 Å². The van der Waals surface area contributed by atoms with Crippen molar-refractivity contribution in [2.24, 2.45) is 0 Å². The zero-order chi connectivity index (χ0) is 21.3. The lowest BCUT2D eigenvalue weighted by Gasteiger charge is -2.34. The molecule has 2 heterocycles. The van der Waals surface area contributed by atoms with Crippen molar-refractivity contribution >= 4 is 34.8 Å². The van der Waals surface area contributed by atoms with Crippen LogP contribution < -0.4 is 14.8 Å². The molecule has 1 aromatic heterocycles. The van der Waals surface area contributed by atoms with Gasteiger partial charge in [0.05, 0.1) is 5.69 Å². The number of carbonyl (C=O) groups is 2. The number of pyridine rings is 1. The molecule has 4 rings (SSSR count). The molecule has 0 saturated carbocycles. The first-order valence-electron chi connectivity index (χ1n) is 9.95. The minimum atomic E-state index is -0.783. The Balaban J connectivity index is 1.83. The molecule has 1 atom stereocenters. The quantitative estimate of drug-likeness (QED) is 0.642. The molecule has 0 saturated heterocycles. The number of anilines is 2. The minimum absolute atomic E-state index is 0.112. The van der Waals surface area contributed by atoms with Crippen molar-refractivity contribution in [3.05, 3.63) is 88.7 Å². The lowest BCUT2D eigenvalue weighted by atomic mass is 9.99. The molecule has 0 spiro atoms. The van der Waals surface area contributed by atoms with Gasteiger partial charge in [-0.15, -0.1) is 0 Å². The van der Waals surface area contributed by atoms with Gasteiger partial charge in [0.25, 0.3) is 11.8 Å². The van der Waals surface area contributed by atoms with Gasteiger partial charge in [-0.05, 0) is 48.7 Å². The highest BCUT2D eigenvalue weighted by molar-refractivity contribution is 6.30. The van der Waals surface area contributed by atoms with Gasteiger partial charge in [0.2, 0.25) is 18.3 Å². The predicted molar refractivity (Wildman–Crippen MR) is 118 cm³/mol. The fourth-order valence-corrected chi connectivity index (χ4v) is 4.10. The second-order valence-electron chi connectivity index (χ2n) is 7.35. The Kier molecular flexibility index (Phi) is 5.55. The number of hydrogen-bond donors (Lipinski definition) is 1. The first-order chi connectivity index (χ1) is 14.5. The fraction of sp³-hybridized carbons (Fsp3) is 0.208. The van der Waals surface area contributed by atoms with Gasteiger partial charge in [0.15, 0.2) is 6.20 Å². The van der Waals surface area contributed by atoms with Gasteiger partial charge in [-0.3, -0.25) is 14.5 Å². The predicted octanol–water partition coefficient (Wildman–Crippen LogP) is 4.22.